The monoisotopic (exact) mass is 779 g/mol. The summed E-state index contributed by atoms with van der Waals surface area (Å²) < 4.78 is 42.3. The van der Waals surface area contributed by atoms with Crippen molar-refractivity contribution in [1.82, 2.24) is 14.5 Å². The fourth-order valence-electron chi connectivity index (χ4n) is 5.80. The minimum absolute atomic E-state index is 0. The van der Waals surface area contributed by atoms with Crippen molar-refractivity contribution in [3.05, 3.63) is 151 Å². The maximum absolute atomic E-state index is 8.48. The summed E-state index contributed by atoms with van der Waals surface area (Å²) in [7, 11) is 0. The fourth-order valence-corrected chi connectivity index (χ4v) is 5.80. The number of para-hydroxylation sites is 2. The molecule has 8 rings (SSSR count). The number of aromatic nitrogens is 3. The minimum atomic E-state index is -2.42. The molecule has 3 heterocycles. The average Bonchev–Trinajstić information content (AvgIpc) is 3.46. The Morgan fingerprint density at radius 3 is 2.04 bits per heavy atom. The van der Waals surface area contributed by atoms with E-state index in [0.29, 0.717) is 11.3 Å². The molecule has 0 N–H and O–H groups in total. The SMILES string of the molecule is [2H]C([2H])([2H])c1cnc(-c2[c-]cccc2)cc1C([2H])([2H])C(C)(C)C.[Ir].[c-]1ccccc1-c1nc2cccc3c2n1-c1ccccc1-c1ccccc1-3. The summed E-state index contributed by atoms with van der Waals surface area (Å²) in [5.41, 5.74) is 9.84. The molecule has 1 radical (unpaired) electrons. The summed E-state index contributed by atoms with van der Waals surface area (Å²) in [6.45, 7) is 2.85. The number of fused-ring (bicyclic) bond motifs is 5. The molecular formula is C42H35IrN3-2. The first-order valence-corrected chi connectivity index (χ1v) is 15.0. The van der Waals surface area contributed by atoms with Gasteiger partial charge in [-0.3, -0.25) is 4.98 Å². The molecule has 3 nitrogen and oxygen atoms in total. The van der Waals surface area contributed by atoms with Crippen molar-refractivity contribution >= 4 is 11.0 Å². The minimum Gasteiger partial charge on any atom is -0.332 e. The van der Waals surface area contributed by atoms with Crippen LogP contribution in [0.1, 0.15) is 38.8 Å². The van der Waals surface area contributed by atoms with Gasteiger partial charge in [-0.2, -0.15) is 0 Å². The van der Waals surface area contributed by atoms with E-state index in [4.69, 9.17) is 11.8 Å². The van der Waals surface area contributed by atoms with Gasteiger partial charge in [0, 0.05) is 50.0 Å². The number of hydrogen-bond donors (Lipinski definition) is 0. The van der Waals surface area contributed by atoms with Gasteiger partial charge in [0.25, 0.3) is 0 Å². The van der Waals surface area contributed by atoms with Gasteiger partial charge >= 0.3 is 0 Å². The second-order valence-electron chi connectivity index (χ2n) is 12.0. The first-order valence-electron chi connectivity index (χ1n) is 17.5. The van der Waals surface area contributed by atoms with Crippen molar-refractivity contribution in [3.63, 3.8) is 0 Å². The van der Waals surface area contributed by atoms with E-state index in [2.05, 4.69) is 94.5 Å². The van der Waals surface area contributed by atoms with Crippen LogP contribution in [0.4, 0.5) is 0 Å². The van der Waals surface area contributed by atoms with Crippen LogP contribution in [0.3, 0.4) is 0 Å². The largest absolute Gasteiger partial charge is 0.332 e. The van der Waals surface area contributed by atoms with Gasteiger partial charge in [0.15, 0.2) is 0 Å². The van der Waals surface area contributed by atoms with Gasteiger partial charge in [-0.15, -0.1) is 71.8 Å². The number of benzene rings is 5. The summed E-state index contributed by atoms with van der Waals surface area (Å²) in [5, 5.41) is 0. The maximum atomic E-state index is 8.48. The van der Waals surface area contributed by atoms with E-state index in [1.165, 1.54) is 28.5 Å². The molecule has 4 heteroatoms. The summed E-state index contributed by atoms with van der Waals surface area (Å²) >= 11 is 0. The molecule has 0 unspecified atom stereocenters. The number of rotatable bonds is 3. The number of imidazole rings is 1. The zero-order chi connectivity index (χ0) is 35.3. The summed E-state index contributed by atoms with van der Waals surface area (Å²) in [6, 6.07) is 46.8. The number of hydrogen-bond acceptors (Lipinski definition) is 2. The number of aryl methyl sites for hydroxylation is 1. The van der Waals surface area contributed by atoms with Gasteiger partial charge in [0.1, 0.15) is 0 Å². The van der Waals surface area contributed by atoms with E-state index in [0.717, 1.165) is 28.1 Å². The predicted octanol–water partition coefficient (Wildman–Crippen LogP) is 10.6. The second-order valence-corrected chi connectivity index (χ2v) is 12.0. The maximum Gasteiger partial charge on any atom is 0.0780 e. The van der Waals surface area contributed by atoms with Gasteiger partial charge in [-0.1, -0.05) is 87.0 Å². The topological polar surface area (TPSA) is 30.7 Å². The van der Waals surface area contributed by atoms with E-state index in [9.17, 15) is 0 Å². The summed E-state index contributed by atoms with van der Waals surface area (Å²) in [5.74, 6) is 0.929. The Kier molecular flexibility index (Phi) is 7.22. The van der Waals surface area contributed by atoms with E-state index in [1.54, 1.807) is 32.9 Å². The zero-order valence-corrected chi connectivity index (χ0v) is 28.2. The summed E-state index contributed by atoms with van der Waals surface area (Å²) in [6.07, 6.45) is -0.550. The Bertz CT molecular complexity index is 2330. The van der Waals surface area contributed by atoms with E-state index in [1.807, 2.05) is 36.4 Å². The van der Waals surface area contributed by atoms with Crippen molar-refractivity contribution in [2.75, 3.05) is 0 Å². The standard InChI is InChI=1S/C25H15N2.C17H20N.Ir/c1-2-9-17(10-3-1)25-26-22-15-8-14-21-19-12-5-4-11-18(19)20-13-6-7-16-23(20)27(25)24(21)22;1-13-12-18-16(14-8-6-5-7-9-14)10-15(13)11-17(2,3)4;/h1-9,11-16H;5-8,10,12H,11H2,1-4H3;/q2*-1;/i;1D3,11D2;. The molecule has 0 aliphatic carbocycles. The van der Waals surface area contributed by atoms with Gasteiger partial charge < -0.3 is 9.55 Å². The molecule has 0 saturated heterocycles. The van der Waals surface area contributed by atoms with E-state index >= 15 is 0 Å². The molecule has 5 aromatic carbocycles. The molecular weight excluding hydrogens is 739 g/mol. The molecule has 0 saturated carbocycles. The van der Waals surface area contributed by atoms with Crippen LogP contribution in [0, 0.1) is 24.4 Å². The molecule has 0 bridgehead atoms. The van der Waals surface area contributed by atoms with Crippen LogP contribution >= 0.6 is 0 Å². The normalized spacial score (nSPS) is 13.6. The van der Waals surface area contributed by atoms with Gasteiger partial charge in [0.05, 0.1) is 16.9 Å². The van der Waals surface area contributed by atoms with Crippen LogP contribution in [0.2, 0.25) is 0 Å². The Labute approximate surface area is 292 Å². The smallest absolute Gasteiger partial charge is 0.0780 e. The molecule has 7 aromatic rings. The number of pyridine rings is 1. The zero-order valence-electron chi connectivity index (χ0n) is 30.8. The van der Waals surface area contributed by atoms with E-state index < -0.39 is 18.6 Å². The van der Waals surface area contributed by atoms with Crippen LogP contribution in [-0.2, 0) is 26.5 Å². The van der Waals surface area contributed by atoms with E-state index in [-0.39, 0.29) is 31.2 Å². The molecule has 0 atom stereocenters. The van der Waals surface area contributed by atoms with Gasteiger partial charge in [0.2, 0.25) is 0 Å². The van der Waals surface area contributed by atoms with Crippen LogP contribution in [0.5, 0.6) is 0 Å². The van der Waals surface area contributed by atoms with Crippen molar-refractivity contribution in [2.45, 2.75) is 34.0 Å². The fraction of sp³-hybridized carbons (Fsp3) is 0.143. The predicted molar refractivity (Wildman–Crippen MR) is 186 cm³/mol. The first kappa shape index (κ1) is 25.5. The molecule has 46 heavy (non-hydrogen) atoms. The van der Waals surface area contributed by atoms with Crippen LogP contribution in [0.15, 0.2) is 128 Å². The molecule has 1 aliphatic rings. The van der Waals surface area contributed by atoms with Gasteiger partial charge in [-0.25, -0.2) is 0 Å². The average molecular weight is 779 g/mol. The molecule has 0 spiro atoms. The third-order valence-corrected chi connectivity index (χ3v) is 7.68. The van der Waals surface area contributed by atoms with Crippen LogP contribution in [0.25, 0.3) is 61.6 Å². The Balaban J connectivity index is 0.000000175. The molecule has 2 aromatic heterocycles. The quantitative estimate of drug-likeness (QED) is 0.167. The molecule has 1 aliphatic heterocycles. The van der Waals surface area contributed by atoms with Crippen molar-refractivity contribution in [3.8, 4) is 50.6 Å². The molecule has 229 valence electrons. The molecule has 0 fully saturated rings. The summed E-state index contributed by atoms with van der Waals surface area (Å²) in [4.78, 5) is 9.21. The van der Waals surface area contributed by atoms with Crippen molar-refractivity contribution in [1.29, 1.82) is 0 Å². The van der Waals surface area contributed by atoms with Crippen molar-refractivity contribution in [2.24, 2.45) is 5.41 Å². The Morgan fingerprint density at radius 2 is 1.37 bits per heavy atom. The van der Waals surface area contributed by atoms with Crippen molar-refractivity contribution < 1.29 is 27.0 Å². The van der Waals surface area contributed by atoms with Crippen LogP contribution < -0.4 is 0 Å². The second kappa shape index (κ2) is 13.0. The van der Waals surface area contributed by atoms with Crippen LogP contribution in [-0.4, -0.2) is 14.5 Å². The first-order chi connectivity index (χ1) is 23.9. The molecule has 0 amide bonds. The Morgan fingerprint density at radius 1 is 0.739 bits per heavy atom. The third-order valence-electron chi connectivity index (χ3n) is 7.68. The third kappa shape index (κ3) is 6.11. The van der Waals surface area contributed by atoms with Gasteiger partial charge in [-0.05, 0) is 53.2 Å². The number of nitrogens with zero attached hydrogens (tertiary/aromatic N) is 3. The Hall–Kier alpha value is -4.63.